The molecule has 0 radical (unpaired) electrons. The summed E-state index contributed by atoms with van der Waals surface area (Å²) >= 11 is 1.69. The molecule has 2 aliphatic heterocycles. The van der Waals surface area contributed by atoms with Gasteiger partial charge in [-0.05, 0) is 62.1 Å². The summed E-state index contributed by atoms with van der Waals surface area (Å²) < 4.78 is 0. The number of imide groups is 1. The summed E-state index contributed by atoms with van der Waals surface area (Å²) in [6.07, 6.45) is 0.684. The number of ketones is 1. The molecule has 1 atom stereocenters. The van der Waals surface area contributed by atoms with Gasteiger partial charge in [0.25, 0.3) is 5.91 Å². The van der Waals surface area contributed by atoms with Crippen molar-refractivity contribution in [1.29, 1.82) is 0 Å². The quantitative estimate of drug-likeness (QED) is 0.675. The molecule has 1 aromatic carbocycles. The molecule has 1 aromatic rings. The number of carbonyl (C=O) groups excluding carboxylic acids is 3. The number of hydrogen-bond donors (Lipinski definition) is 1. The van der Waals surface area contributed by atoms with Crippen LogP contribution in [0.2, 0.25) is 0 Å². The topological polar surface area (TPSA) is 66.5 Å². The Morgan fingerprint density at radius 3 is 2.58 bits per heavy atom. The summed E-state index contributed by atoms with van der Waals surface area (Å²) in [5, 5.41) is 2.89. The van der Waals surface area contributed by atoms with Crippen LogP contribution in [-0.4, -0.2) is 39.7 Å². The van der Waals surface area contributed by atoms with E-state index in [4.69, 9.17) is 0 Å². The zero-order valence-corrected chi connectivity index (χ0v) is 15.3. The molecule has 2 fully saturated rings. The second-order valence-electron chi connectivity index (χ2n) is 6.75. The Balaban J connectivity index is 1.97. The molecule has 1 unspecified atom stereocenters. The number of Topliss-reactive ketones (excluding diaryl/α,β-unsaturated/α-hetero) is 1. The van der Waals surface area contributed by atoms with E-state index in [2.05, 4.69) is 5.32 Å². The number of carbonyl (C=O) groups is 3. The molecule has 1 spiro atoms. The average molecular weight is 346 g/mol. The molecule has 0 saturated carbocycles. The third-order valence-electron chi connectivity index (χ3n) is 5.07. The zero-order chi connectivity index (χ0) is 17.6. The van der Waals surface area contributed by atoms with E-state index in [9.17, 15) is 14.4 Å². The van der Waals surface area contributed by atoms with E-state index in [1.54, 1.807) is 18.7 Å². The first-order chi connectivity index (χ1) is 11.3. The van der Waals surface area contributed by atoms with Gasteiger partial charge in [0, 0.05) is 11.3 Å². The summed E-state index contributed by atoms with van der Waals surface area (Å²) in [5.41, 5.74) is 3.64. The Kier molecular flexibility index (Phi) is 4.20. The summed E-state index contributed by atoms with van der Waals surface area (Å²) in [6, 6.07) is 1.63. The highest BCUT2D eigenvalue weighted by Crippen LogP contribution is 2.35. The van der Waals surface area contributed by atoms with Gasteiger partial charge in [-0.15, -0.1) is 0 Å². The van der Waals surface area contributed by atoms with Gasteiger partial charge in [-0.2, -0.15) is 11.8 Å². The number of thioether (sulfide) groups is 1. The maximum atomic E-state index is 12.8. The molecule has 2 aliphatic rings. The van der Waals surface area contributed by atoms with Crippen LogP contribution in [0, 0.1) is 20.8 Å². The van der Waals surface area contributed by atoms with Gasteiger partial charge >= 0.3 is 6.03 Å². The van der Waals surface area contributed by atoms with Crippen LogP contribution in [0.4, 0.5) is 4.79 Å². The van der Waals surface area contributed by atoms with Crippen molar-refractivity contribution in [3.8, 4) is 0 Å². The molecule has 2 saturated heterocycles. The largest absolute Gasteiger partial charge is 0.325 e. The van der Waals surface area contributed by atoms with Crippen molar-refractivity contribution in [2.75, 3.05) is 11.5 Å². The maximum absolute atomic E-state index is 12.8. The standard InChI is InChI=1S/C18H22N2O3S/c1-10-7-11(2)15(13(4)21)12(3)14(10)8-20-16(22)18(19-17(20)23)5-6-24-9-18/h7H,5-6,8-9H2,1-4H3,(H,19,23). The molecule has 128 valence electrons. The average Bonchev–Trinajstić information content (AvgIpc) is 3.03. The predicted octanol–water partition coefficient (Wildman–Crippen LogP) is 2.74. The summed E-state index contributed by atoms with van der Waals surface area (Å²) in [4.78, 5) is 38.5. The minimum Gasteiger partial charge on any atom is -0.322 e. The van der Waals surface area contributed by atoms with Gasteiger partial charge in [0.2, 0.25) is 0 Å². The van der Waals surface area contributed by atoms with Crippen molar-refractivity contribution in [1.82, 2.24) is 10.2 Å². The highest BCUT2D eigenvalue weighted by atomic mass is 32.2. The number of nitrogens with one attached hydrogen (secondary N) is 1. The van der Waals surface area contributed by atoms with Crippen LogP contribution < -0.4 is 5.32 Å². The van der Waals surface area contributed by atoms with Gasteiger partial charge in [-0.25, -0.2) is 4.79 Å². The van der Waals surface area contributed by atoms with Crippen molar-refractivity contribution in [3.05, 3.63) is 33.9 Å². The van der Waals surface area contributed by atoms with Gasteiger partial charge in [-0.1, -0.05) is 6.07 Å². The van der Waals surface area contributed by atoms with E-state index in [0.717, 1.165) is 28.0 Å². The Morgan fingerprint density at radius 2 is 2.00 bits per heavy atom. The summed E-state index contributed by atoms with van der Waals surface area (Å²) in [6.45, 7) is 7.53. The monoisotopic (exact) mass is 346 g/mol. The lowest BCUT2D eigenvalue weighted by atomic mass is 9.91. The van der Waals surface area contributed by atoms with Gasteiger partial charge in [-0.3, -0.25) is 14.5 Å². The number of aryl methyl sites for hydroxylation is 2. The third kappa shape index (κ3) is 2.53. The molecular formula is C18H22N2O3S. The van der Waals surface area contributed by atoms with E-state index in [1.165, 1.54) is 4.90 Å². The van der Waals surface area contributed by atoms with Crippen molar-refractivity contribution in [2.45, 2.75) is 46.2 Å². The minimum absolute atomic E-state index is 0.00659. The molecule has 2 heterocycles. The third-order valence-corrected chi connectivity index (χ3v) is 6.26. The Morgan fingerprint density at radius 1 is 1.29 bits per heavy atom. The lowest BCUT2D eigenvalue weighted by molar-refractivity contribution is -0.130. The Hall–Kier alpha value is -1.82. The van der Waals surface area contributed by atoms with Crippen LogP contribution >= 0.6 is 11.8 Å². The molecule has 3 rings (SSSR count). The van der Waals surface area contributed by atoms with Crippen LogP contribution in [0.5, 0.6) is 0 Å². The fourth-order valence-electron chi connectivity index (χ4n) is 3.82. The molecule has 5 nitrogen and oxygen atoms in total. The van der Waals surface area contributed by atoms with Crippen molar-refractivity contribution in [3.63, 3.8) is 0 Å². The SMILES string of the molecule is CC(=O)c1c(C)cc(C)c(CN2C(=O)NC3(CCSC3)C2=O)c1C. The first-order valence-corrected chi connectivity index (χ1v) is 9.25. The highest BCUT2D eigenvalue weighted by Gasteiger charge is 2.52. The first kappa shape index (κ1) is 17.0. The lowest BCUT2D eigenvalue weighted by Crippen LogP contribution is -2.46. The molecule has 0 bridgehead atoms. The van der Waals surface area contributed by atoms with Crippen molar-refractivity contribution in [2.24, 2.45) is 0 Å². The van der Waals surface area contributed by atoms with E-state index in [-0.39, 0.29) is 24.3 Å². The predicted molar refractivity (Wildman–Crippen MR) is 94.4 cm³/mol. The normalized spacial score (nSPS) is 23.2. The molecule has 1 N–H and O–H groups in total. The number of nitrogens with zero attached hydrogens (tertiary/aromatic N) is 1. The number of rotatable bonds is 3. The highest BCUT2D eigenvalue weighted by molar-refractivity contribution is 7.99. The van der Waals surface area contributed by atoms with Crippen LogP contribution in [0.15, 0.2) is 6.07 Å². The Bertz CT molecular complexity index is 751. The van der Waals surface area contributed by atoms with Gasteiger partial charge in [0.1, 0.15) is 5.54 Å². The van der Waals surface area contributed by atoms with Crippen molar-refractivity contribution < 1.29 is 14.4 Å². The van der Waals surface area contributed by atoms with Gasteiger partial charge in [0.05, 0.1) is 6.54 Å². The van der Waals surface area contributed by atoms with Crippen LogP contribution in [0.25, 0.3) is 0 Å². The summed E-state index contributed by atoms with van der Waals surface area (Å²) in [5.74, 6) is 1.39. The van der Waals surface area contributed by atoms with E-state index in [1.807, 2.05) is 26.8 Å². The maximum Gasteiger partial charge on any atom is 0.325 e. The lowest BCUT2D eigenvalue weighted by Gasteiger charge is -2.22. The molecule has 0 aliphatic carbocycles. The van der Waals surface area contributed by atoms with E-state index in [0.29, 0.717) is 17.7 Å². The van der Waals surface area contributed by atoms with Crippen molar-refractivity contribution >= 4 is 29.5 Å². The van der Waals surface area contributed by atoms with E-state index < -0.39 is 5.54 Å². The number of urea groups is 1. The number of benzene rings is 1. The Labute approximate surface area is 146 Å². The molecule has 6 heteroatoms. The van der Waals surface area contributed by atoms with Crippen LogP contribution in [0.1, 0.15) is 46.0 Å². The molecule has 0 aromatic heterocycles. The molecule has 24 heavy (non-hydrogen) atoms. The number of hydrogen-bond acceptors (Lipinski definition) is 4. The minimum atomic E-state index is -0.725. The smallest absolute Gasteiger partial charge is 0.322 e. The first-order valence-electron chi connectivity index (χ1n) is 8.09. The fraction of sp³-hybridized carbons (Fsp3) is 0.500. The number of amides is 3. The summed E-state index contributed by atoms with van der Waals surface area (Å²) in [7, 11) is 0. The van der Waals surface area contributed by atoms with Gasteiger partial charge in [0.15, 0.2) is 5.78 Å². The van der Waals surface area contributed by atoms with Gasteiger partial charge < -0.3 is 5.32 Å². The molecular weight excluding hydrogens is 324 g/mol. The fourth-order valence-corrected chi connectivity index (χ4v) is 5.15. The van der Waals surface area contributed by atoms with E-state index >= 15 is 0 Å². The molecule has 3 amide bonds. The zero-order valence-electron chi connectivity index (χ0n) is 14.5. The second-order valence-corrected chi connectivity index (χ2v) is 7.86. The second kappa shape index (κ2) is 5.92. The van der Waals surface area contributed by atoms with Crippen LogP contribution in [-0.2, 0) is 11.3 Å². The van der Waals surface area contributed by atoms with Crippen LogP contribution in [0.3, 0.4) is 0 Å².